The molecule has 0 heterocycles. The highest BCUT2D eigenvalue weighted by atomic mass is 127. The molecule has 0 aliphatic carbocycles. The summed E-state index contributed by atoms with van der Waals surface area (Å²) in [7, 11) is -2.63. The molecule has 0 atom stereocenters. The van der Waals surface area contributed by atoms with E-state index in [0.29, 0.717) is 5.69 Å². The van der Waals surface area contributed by atoms with Gasteiger partial charge in [0.15, 0.2) is 0 Å². The number of benzene rings is 2. The van der Waals surface area contributed by atoms with E-state index in [-0.39, 0.29) is 11.4 Å². The molecule has 0 amide bonds. The molecular weight excluding hydrogens is 429 g/mol. The maximum Gasteiger partial charge on any atom is 0.326 e. The molecule has 122 valence electrons. The molecule has 0 N–H and O–H groups in total. The molecule has 23 heavy (non-hydrogen) atoms. The Bertz CT molecular complexity index is 803. The topological polar surface area (TPSA) is 63.7 Å². The molecule has 5 nitrogen and oxygen atoms in total. The molecule has 0 unspecified atom stereocenters. The number of hydrogen-bond donors (Lipinski definition) is 0. The van der Waals surface area contributed by atoms with Gasteiger partial charge in [-0.2, -0.15) is 0 Å². The van der Waals surface area contributed by atoms with E-state index in [0.717, 1.165) is 13.4 Å². The van der Waals surface area contributed by atoms with E-state index in [2.05, 4.69) is 27.3 Å². The second-order valence-electron chi connectivity index (χ2n) is 4.88. The van der Waals surface area contributed by atoms with Gasteiger partial charge in [-0.1, -0.05) is 23.8 Å². The van der Waals surface area contributed by atoms with E-state index in [4.69, 9.17) is 0 Å². The molecule has 0 radical (unpaired) electrons. The summed E-state index contributed by atoms with van der Waals surface area (Å²) in [5.41, 5.74) is 1.38. The van der Waals surface area contributed by atoms with E-state index in [9.17, 15) is 13.2 Å². The highest BCUT2D eigenvalue weighted by molar-refractivity contribution is 14.1. The maximum atomic E-state index is 12.9. The third kappa shape index (κ3) is 4.23. The number of nitrogens with zero attached hydrogens (tertiary/aromatic N) is 1. The van der Waals surface area contributed by atoms with E-state index in [1.165, 1.54) is 19.2 Å². The lowest BCUT2D eigenvalue weighted by atomic mass is 10.2. The van der Waals surface area contributed by atoms with Crippen LogP contribution in [0, 0.1) is 10.5 Å². The van der Waals surface area contributed by atoms with E-state index >= 15 is 0 Å². The van der Waals surface area contributed by atoms with Gasteiger partial charge in [-0.3, -0.25) is 9.10 Å². The summed E-state index contributed by atoms with van der Waals surface area (Å²) in [6.07, 6.45) is 0. The van der Waals surface area contributed by atoms with Crippen LogP contribution in [0.15, 0.2) is 53.4 Å². The van der Waals surface area contributed by atoms with Gasteiger partial charge in [-0.25, -0.2) is 8.42 Å². The van der Waals surface area contributed by atoms with Crippen molar-refractivity contribution in [3.8, 4) is 0 Å². The van der Waals surface area contributed by atoms with Crippen LogP contribution in [0.2, 0.25) is 0 Å². The number of methoxy groups -OCH3 is 1. The van der Waals surface area contributed by atoms with E-state index < -0.39 is 16.0 Å². The summed E-state index contributed by atoms with van der Waals surface area (Å²) >= 11 is 2.09. The molecular formula is C16H16INO4S. The Morgan fingerprint density at radius 1 is 1.17 bits per heavy atom. The lowest BCUT2D eigenvalue weighted by Gasteiger charge is -2.23. The molecule has 2 aromatic rings. The van der Waals surface area contributed by atoms with Gasteiger partial charge in [0, 0.05) is 3.57 Å². The van der Waals surface area contributed by atoms with Crippen molar-refractivity contribution in [3.05, 3.63) is 57.7 Å². The Hall–Kier alpha value is -1.61. The molecule has 2 aromatic carbocycles. The Labute approximate surface area is 149 Å². The Kier molecular flexibility index (Phi) is 5.64. The fraction of sp³-hybridized carbons (Fsp3) is 0.188. The molecule has 0 saturated heterocycles. The zero-order valence-electron chi connectivity index (χ0n) is 12.7. The quantitative estimate of drug-likeness (QED) is 0.525. The van der Waals surface area contributed by atoms with Crippen LogP contribution < -0.4 is 4.31 Å². The predicted octanol–water partition coefficient (Wildman–Crippen LogP) is 2.97. The third-order valence-electron chi connectivity index (χ3n) is 3.21. The first kappa shape index (κ1) is 17.7. The molecule has 0 aliphatic rings. The Morgan fingerprint density at radius 3 is 2.39 bits per heavy atom. The van der Waals surface area contributed by atoms with Crippen molar-refractivity contribution >= 4 is 44.3 Å². The lowest BCUT2D eigenvalue weighted by Crippen LogP contribution is -2.36. The summed E-state index contributed by atoms with van der Waals surface area (Å²) < 4.78 is 32.4. The number of anilines is 1. The highest BCUT2D eigenvalue weighted by Gasteiger charge is 2.27. The van der Waals surface area contributed by atoms with Crippen LogP contribution in [0.5, 0.6) is 0 Å². The SMILES string of the molecule is COC(=O)CN(c1cccc(I)c1)S(=O)(=O)c1ccc(C)cc1. The molecule has 2 rings (SSSR count). The zero-order chi connectivity index (χ0) is 17.0. The van der Waals surface area contributed by atoms with Crippen molar-refractivity contribution in [3.63, 3.8) is 0 Å². The first-order chi connectivity index (χ1) is 10.8. The normalized spacial score (nSPS) is 11.1. The van der Waals surface area contributed by atoms with Gasteiger partial charge in [0.1, 0.15) is 6.54 Å². The van der Waals surface area contributed by atoms with Gasteiger partial charge in [0.25, 0.3) is 10.0 Å². The van der Waals surface area contributed by atoms with Gasteiger partial charge in [0.2, 0.25) is 0 Å². The second-order valence-corrected chi connectivity index (χ2v) is 7.99. The van der Waals surface area contributed by atoms with Crippen LogP contribution in [0.25, 0.3) is 0 Å². The molecule has 0 fully saturated rings. The highest BCUT2D eigenvalue weighted by Crippen LogP contribution is 2.25. The van der Waals surface area contributed by atoms with Gasteiger partial charge in [-0.05, 0) is 59.8 Å². The number of hydrogen-bond acceptors (Lipinski definition) is 4. The maximum absolute atomic E-state index is 12.9. The smallest absolute Gasteiger partial charge is 0.326 e. The van der Waals surface area contributed by atoms with Crippen LogP contribution in [0.1, 0.15) is 5.56 Å². The second kappa shape index (κ2) is 7.31. The van der Waals surface area contributed by atoms with Crippen molar-refractivity contribution in [2.75, 3.05) is 18.0 Å². The number of carbonyl (C=O) groups excluding carboxylic acids is 1. The first-order valence-corrected chi connectivity index (χ1v) is 9.28. The number of rotatable bonds is 5. The number of aryl methyl sites for hydroxylation is 1. The number of ether oxygens (including phenoxy) is 1. The van der Waals surface area contributed by atoms with Crippen molar-refractivity contribution in [2.24, 2.45) is 0 Å². The number of sulfonamides is 1. The Balaban J connectivity index is 2.51. The summed E-state index contributed by atoms with van der Waals surface area (Å²) in [5, 5.41) is 0. The molecule has 0 saturated carbocycles. The number of esters is 1. The molecule has 0 spiro atoms. The average Bonchev–Trinajstić information content (AvgIpc) is 2.52. The minimum Gasteiger partial charge on any atom is -0.468 e. The van der Waals surface area contributed by atoms with Crippen LogP contribution in [-0.2, 0) is 19.6 Å². The van der Waals surface area contributed by atoms with Crippen LogP contribution in [0.3, 0.4) is 0 Å². The largest absolute Gasteiger partial charge is 0.468 e. The molecule has 7 heteroatoms. The van der Waals surface area contributed by atoms with Gasteiger partial charge < -0.3 is 4.74 Å². The molecule has 0 aromatic heterocycles. The predicted molar refractivity (Wildman–Crippen MR) is 96.9 cm³/mol. The number of carbonyl (C=O) groups is 1. The van der Waals surface area contributed by atoms with E-state index in [1.807, 2.05) is 13.0 Å². The van der Waals surface area contributed by atoms with Crippen LogP contribution in [-0.4, -0.2) is 28.0 Å². The van der Waals surface area contributed by atoms with Gasteiger partial charge in [-0.15, -0.1) is 0 Å². The fourth-order valence-corrected chi connectivity index (χ4v) is 3.89. The standard InChI is InChI=1S/C16H16INO4S/c1-12-6-8-15(9-7-12)23(20,21)18(11-16(19)22-2)14-5-3-4-13(17)10-14/h3-10H,11H2,1-2H3. The average molecular weight is 445 g/mol. The van der Waals surface area contributed by atoms with Crippen LogP contribution in [0.4, 0.5) is 5.69 Å². The minimum atomic E-state index is -3.86. The zero-order valence-corrected chi connectivity index (χ0v) is 15.7. The third-order valence-corrected chi connectivity index (χ3v) is 5.66. The van der Waals surface area contributed by atoms with E-state index in [1.54, 1.807) is 30.3 Å². The van der Waals surface area contributed by atoms with Crippen molar-refractivity contribution in [1.29, 1.82) is 0 Å². The Morgan fingerprint density at radius 2 is 1.83 bits per heavy atom. The molecule has 0 bridgehead atoms. The van der Waals surface area contributed by atoms with Gasteiger partial charge in [0.05, 0.1) is 17.7 Å². The lowest BCUT2D eigenvalue weighted by molar-refractivity contribution is -0.138. The number of halogens is 1. The summed E-state index contributed by atoms with van der Waals surface area (Å²) in [6, 6.07) is 13.4. The summed E-state index contributed by atoms with van der Waals surface area (Å²) in [6.45, 7) is 1.50. The van der Waals surface area contributed by atoms with Crippen LogP contribution >= 0.6 is 22.6 Å². The fourth-order valence-electron chi connectivity index (χ4n) is 1.97. The first-order valence-electron chi connectivity index (χ1n) is 6.76. The monoisotopic (exact) mass is 445 g/mol. The molecule has 0 aliphatic heterocycles. The minimum absolute atomic E-state index is 0.130. The van der Waals surface area contributed by atoms with Crippen molar-refractivity contribution < 1.29 is 17.9 Å². The van der Waals surface area contributed by atoms with Crippen molar-refractivity contribution in [1.82, 2.24) is 0 Å². The van der Waals surface area contributed by atoms with Gasteiger partial charge >= 0.3 is 5.97 Å². The van der Waals surface area contributed by atoms with Crippen molar-refractivity contribution in [2.45, 2.75) is 11.8 Å². The summed E-state index contributed by atoms with van der Waals surface area (Å²) in [5.74, 6) is -0.625. The summed E-state index contributed by atoms with van der Waals surface area (Å²) in [4.78, 5) is 11.8.